The molecule has 0 unspecified atom stereocenters. The molecule has 2 aromatic rings. The molecule has 1 aliphatic rings. The van der Waals surface area contributed by atoms with Gasteiger partial charge in [-0.1, -0.05) is 31.1 Å². The second-order valence-electron chi connectivity index (χ2n) is 6.85. The average molecular weight is 341 g/mol. The molecule has 1 heterocycles. The highest BCUT2D eigenvalue weighted by Crippen LogP contribution is 2.24. The molecular weight excluding hydrogens is 318 g/mol. The second-order valence-corrected chi connectivity index (χ2v) is 6.85. The molecule has 1 aromatic carbocycles. The van der Waals surface area contributed by atoms with Crippen LogP contribution in [0.5, 0.6) is 0 Å². The molecule has 5 nitrogen and oxygen atoms in total. The zero-order chi connectivity index (χ0) is 18.0. The Balaban J connectivity index is 1.68. The fraction of sp³-hybridized carbons (Fsp3) is 0.450. The quantitative estimate of drug-likeness (QED) is 0.607. The van der Waals surface area contributed by atoms with Gasteiger partial charge in [0.05, 0.1) is 5.69 Å². The summed E-state index contributed by atoms with van der Waals surface area (Å²) in [6, 6.07) is 5.78. The third-order valence-corrected chi connectivity index (χ3v) is 4.62. The Labute approximate surface area is 147 Å². The zero-order valence-corrected chi connectivity index (χ0v) is 14.9. The van der Waals surface area contributed by atoms with Crippen LogP contribution < -0.4 is 0 Å². The van der Waals surface area contributed by atoms with Gasteiger partial charge in [0.1, 0.15) is 5.56 Å². The molecule has 0 aliphatic heterocycles. The minimum atomic E-state index is -0.561. The summed E-state index contributed by atoms with van der Waals surface area (Å²) in [5, 5.41) is 3.83. The minimum Gasteiger partial charge on any atom is -0.454 e. The molecule has 0 saturated carbocycles. The van der Waals surface area contributed by atoms with E-state index in [9.17, 15) is 9.59 Å². The Kier molecular flexibility index (Phi) is 5.02. The number of hydrogen-bond acceptors (Lipinski definition) is 5. The van der Waals surface area contributed by atoms with Crippen molar-refractivity contribution in [2.45, 2.75) is 52.4 Å². The third-order valence-electron chi connectivity index (χ3n) is 4.62. The number of ketones is 1. The molecule has 5 heteroatoms. The second kappa shape index (κ2) is 7.21. The van der Waals surface area contributed by atoms with Gasteiger partial charge in [-0.15, -0.1) is 0 Å². The third kappa shape index (κ3) is 3.65. The van der Waals surface area contributed by atoms with Gasteiger partial charge in [-0.25, -0.2) is 4.79 Å². The van der Waals surface area contributed by atoms with Crippen LogP contribution >= 0.6 is 0 Å². The van der Waals surface area contributed by atoms with E-state index in [2.05, 4.69) is 5.16 Å². The number of carbonyl (C=O) groups is 2. The van der Waals surface area contributed by atoms with Crippen molar-refractivity contribution in [1.82, 2.24) is 5.16 Å². The van der Waals surface area contributed by atoms with Crippen LogP contribution in [0.1, 0.15) is 75.9 Å². The highest BCUT2D eigenvalue weighted by molar-refractivity contribution is 6.00. The van der Waals surface area contributed by atoms with Gasteiger partial charge in [-0.05, 0) is 49.8 Å². The number of nitrogens with zero attached hydrogens (tertiary/aromatic N) is 1. The molecule has 132 valence electrons. The lowest BCUT2D eigenvalue weighted by Gasteiger charge is -2.16. The van der Waals surface area contributed by atoms with E-state index < -0.39 is 5.97 Å². The van der Waals surface area contributed by atoms with E-state index in [1.165, 1.54) is 17.5 Å². The molecule has 0 N–H and O–H groups in total. The highest BCUT2D eigenvalue weighted by atomic mass is 16.5. The van der Waals surface area contributed by atoms with Gasteiger partial charge in [0.25, 0.3) is 0 Å². The van der Waals surface area contributed by atoms with Gasteiger partial charge < -0.3 is 9.26 Å². The number of benzene rings is 1. The zero-order valence-electron chi connectivity index (χ0n) is 14.9. The van der Waals surface area contributed by atoms with Crippen LogP contribution in [-0.4, -0.2) is 23.5 Å². The first-order valence-corrected chi connectivity index (χ1v) is 8.75. The van der Waals surface area contributed by atoms with Crippen molar-refractivity contribution in [2.75, 3.05) is 6.61 Å². The van der Waals surface area contributed by atoms with E-state index >= 15 is 0 Å². The molecule has 25 heavy (non-hydrogen) atoms. The monoisotopic (exact) mass is 341 g/mol. The number of hydrogen-bond donors (Lipinski definition) is 0. The van der Waals surface area contributed by atoms with E-state index in [-0.39, 0.29) is 18.3 Å². The average Bonchev–Trinajstić information content (AvgIpc) is 3.01. The number of ether oxygens (including phenoxy) is 1. The summed E-state index contributed by atoms with van der Waals surface area (Å²) in [7, 11) is 0. The number of esters is 1. The topological polar surface area (TPSA) is 69.4 Å². The molecule has 1 aliphatic carbocycles. The number of aryl methyl sites for hydroxylation is 3. The smallest absolute Gasteiger partial charge is 0.344 e. The lowest BCUT2D eigenvalue weighted by Crippen LogP contribution is -2.16. The lowest BCUT2D eigenvalue weighted by atomic mass is 9.90. The SMILES string of the molecule is Cc1noc(C(C)C)c1C(=O)OCC(=O)c1ccc2c(c1)CCCC2. The summed E-state index contributed by atoms with van der Waals surface area (Å²) in [4.78, 5) is 24.7. The van der Waals surface area contributed by atoms with Gasteiger partial charge in [-0.2, -0.15) is 0 Å². The first-order valence-electron chi connectivity index (χ1n) is 8.75. The number of rotatable bonds is 5. The van der Waals surface area contributed by atoms with E-state index in [0.717, 1.165) is 19.3 Å². The van der Waals surface area contributed by atoms with Crippen molar-refractivity contribution in [3.8, 4) is 0 Å². The molecule has 0 spiro atoms. The Morgan fingerprint density at radius 1 is 1.20 bits per heavy atom. The van der Waals surface area contributed by atoms with Crippen LogP contribution in [-0.2, 0) is 17.6 Å². The predicted octanol–water partition coefficient (Wildman–Crippen LogP) is 4.02. The molecule has 0 bridgehead atoms. The molecule has 0 saturated heterocycles. The van der Waals surface area contributed by atoms with Gasteiger partial charge in [0.2, 0.25) is 0 Å². The highest BCUT2D eigenvalue weighted by Gasteiger charge is 2.24. The molecule has 0 atom stereocenters. The Bertz CT molecular complexity index is 804. The number of fused-ring (bicyclic) bond motifs is 1. The van der Waals surface area contributed by atoms with E-state index in [1.54, 1.807) is 6.92 Å². The molecule has 0 amide bonds. The van der Waals surface area contributed by atoms with Crippen LogP contribution in [0.15, 0.2) is 22.7 Å². The molecule has 3 rings (SSSR count). The maximum atomic E-state index is 12.4. The van der Waals surface area contributed by atoms with Crippen molar-refractivity contribution in [2.24, 2.45) is 0 Å². The van der Waals surface area contributed by atoms with Gasteiger partial charge in [-0.3, -0.25) is 4.79 Å². The Morgan fingerprint density at radius 3 is 2.64 bits per heavy atom. The predicted molar refractivity (Wildman–Crippen MR) is 93.0 cm³/mol. The van der Waals surface area contributed by atoms with Gasteiger partial charge in [0.15, 0.2) is 18.2 Å². The number of aromatic nitrogens is 1. The molecule has 0 radical (unpaired) electrons. The molecule has 0 fully saturated rings. The maximum Gasteiger partial charge on any atom is 0.344 e. The standard InChI is InChI=1S/C20H23NO4/c1-12(2)19-18(13(3)21-25-19)20(23)24-11-17(22)16-9-8-14-6-4-5-7-15(14)10-16/h8-10,12H,4-7,11H2,1-3H3. The first kappa shape index (κ1) is 17.4. The van der Waals surface area contributed by atoms with Crippen LogP contribution in [0.4, 0.5) is 0 Å². The van der Waals surface area contributed by atoms with Crippen molar-refractivity contribution >= 4 is 11.8 Å². The van der Waals surface area contributed by atoms with Crippen LogP contribution in [0, 0.1) is 6.92 Å². The summed E-state index contributed by atoms with van der Waals surface area (Å²) < 4.78 is 10.4. The van der Waals surface area contributed by atoms with Gasteiger partial charge >= 0.3 is 5.97 Å². The Morgan fingerprint density at radius 2 is 1.92 bits per heavy atom. The van der Waals surface area contributed by atoms with Gasteiger partial charge in [0, 0.05) is 11.5 Å². The number of Topliss-reactive ketones (excluding diaryl/α,β-unsaturated/α-hetero) is 1. The van der Waals surface area contributed by atoms with Crippen LogP contribution in [0.2, 0.25) is 0 Å². The largest absolute Gasteiger partial charge is 0.454 e. The fourth-order valence-corrected chi connectivity index (χ4v) is 3.22. The fourth-order valence-electron chi connectivity index (χ4n) is 3.22. The van der Waals surface area contributed by atoms with Crippen molar-refractivity contribution in [3.05, 3.63) is 51.9 Å². The van der Waals surface area contributed by atoms with E-state index in [4.69, 9.17) is 9.26 Å². The summed E-state index contributed by atoms with van der Waals surface area (Å²) >= 11 is 0. The van der Waals surface area contributed by atoms with Crippen LogP contribution in [0.3, 0.4) is 0 Å². The van der Waals surface area contributed by atoms with Crippen molar-refractivity contribution < 1.29 is 18.8 Å². The normalized spacial score (nSPS) is 13.6. The lowest BCUT2D eigenvalue weighted by molar-refractivity contribution is 0.0471. The van der Waals surface area contributed by atoms with Crippen LogP contribution in [0.25, 0.3) is 0 Å². The van der Waals surface area contributed by atoms with E-state index in [0.29, 0.717) is 22.6 Å². The minimum absolute atomic E-state index is 0.0140. The van der Waals surface area contributed by atoms with Crippen molar-refractivity contribution in [3.63, 3.8) is 0 Å². The number of carbonyl (C=O) groups excluding carboxylic acids is 2. The Hall–Kier alpha value is -2.43. The van der Waals surface area contributed by atoms with E-state index in [1.807, 2.05) is 32.0 Å². The summed E-state index contributed by atoms with van der Waals surface area (Å²) in [6.07, 6.45) is 4.44. The molecular formula is C20H23NO4. The maximum absolute atomic E-state index is 12.4. The van der Waals surface area contributed by atoms with Crippen molar-refractivity contribution in [1.29, 1.82) is 0 Å². The molecule has 1 aromatic heterocycles. The summed E-state index contributed by atoms with van der Waals surface area (Å²) in [5.74, 6) is -0.250. The summed E-state index contributed by atoms with van der Waals surface area (Å²) in [6.45, 7) is 5.24. The first-order chi connectivity index (χ1) is 12.0. The summed E-state index contributed by atoms with van der Waals surface area (Å²) in [5.41, 5.74) is 3.96.